The molecule has 7 atom stereocenters. The van der Waals surface area contributed by atoms with Crippen molar-refractivity contribution in [3.63, 3.8) is 0 Å². The first kappa shape index (κ1) is 22.7. The number of fused-ring (bicyclic) bond motifs is 5. The zero-order valence-corrected chi connectivity index (χ0v) is 20.0. The van der Waals surface area contributed by atoms with Gasteiger partial charge < -0.3 is 15.1 Å². The molecule has 3 saturated carbocycles. The third-order valence-electron chi connectivity index (χ3n) is 10.5. The number of Topliss-reactive ketones (excluding diaryl/α,β-unsaturated/α-hetero) is 1. The Morgan fingerprint density at radius 1 is 1.12 bits per heavy atom. The zero-order valence-electron chi connectivity index (χ0n) is 20.0. The van der Waals surface area contributed by atoms with Gasteiger partial charge >= 0.3 is 0 Å². The molecule has 0 aromatic rings. The molecule has 0 aromatic carbocycles. The highest BCUT2D eigenvalue weighted by Gasteiger charge is 2.68. The van der Waals surface area contributed by atoms with Gasteiger partial charge in [0.2, 0.25) is 0 Å². The van der Waals surface area contributed by atoms with Crippen molar-refractivity contribution in [2.45, 2.75) is 70.5 Å². The number of piperazine rings is 1. The van der Waals surface area contributed by atoms with Crippen LogP contribution in [0, 0.1) is 28.6 Å². The van der Waals surface area contributed by atoms with Crippen LogP contribution in [0.15, 0.2) is 11.6 Å². The van der Waals surface area contributed by atoms with Gasteiger partial charge in [-0.2, -0.15) is 0 Å². The summed E-state index contributed by atoms with van der Waals surface area (Å²) in [7, 11) is 2.10. The first-order valence-electron chi connectivity index (χ1n) is 12.7. The molecule has 0 bridgehead atoms. The Bertz CT molecular complexity index is 834. The van der Waals surface area contributed by atoms with E-state index in [0.717, 1.165) is 51.9 Å². The molecule has 5 unspecified atom stereocenters. The summed E-state index contributed by atoms with van der Waals surface area (Å²) in [4.78, 5) is 30.0. The highest BCUT2D eigenvalue weighted by Crippen LogP contribution is 2.67. The predicted molar refractivity (Wildman–Crippen MR) is 122 cm³/mol. The summed E-state index contributed by atoms with van der Waals surface area (Å²) in [5.41, 5.74) is -0.856. The van der Waals surface area contributed by atoms with Gasteiger partial charge in [-0.3, -0.25) is 14.5 Å². The van der Waals surface area contributed by atoms with Crippen LogP contribution in [0.4, 0.5) is 0 Å². The largest absolute Gasteiger partial charge is 0.393 e. The van der Waals surface area contributed by atoms with Crippen LogP contribution in [-0.4, -0.2) is 83.1 Å². The molecule has 0 radical (unpaired) electrons. The highest BCUT2D eigenvalue weighted by atomic mass is 16.3. The second-order valence-corrected chi connectivity index (χ2v) is 12.0. The lowest BCUT2D eigenvalue weighted by atomic mass is 9.45. The molecular weight excluding hydrogens is 404 g/mol. The van der Waals surface area contributed by atoms with Gasteiger partial charge in [-0.15, -0.1) is 0 Å². The van der Waals surface area contributed by atoms with E-state index < -0.39 is 17.1 Å². The predicted octanol–water partition coefficient (Wildman–Crippen LogP) is 2.04. The van der Waals surface area contributed by atoms with Gasteiger partial charge in [-0.05, 0) is 74.8 Å². The van der Waals surface area contributed by atoms with E-state index in [9.17, 15) is 19.8 Å². The molecule has 32 heavy (non-hydrogen) atoms. The summed E-state index contributed by atoms with van der Waals surface area (Å²) in [5.74, 6) is 0.820. The van der Waals surface area contributed by atoms with E-state index >= 15 is 0 Å². The molecule has 0 amide bonds. The third-order valence-corrected chi connectivity index (χ3v) is 10.5. The number of rotatable bonds is 3. The number of ketones is 2. The first-order chi connectivity index (χ1) is 15.1. The molecule has 5 rings (SSSR count). The minimum atomic E-state index is -1.35. The average Bonchev–Trinajstić information content (AvgIpc) is 3.01. The van der Waals surface area contributed by atoms with Gasteiger partial charge in [-0.1, -0.05) is 19.4 Å². The fourth-order valence-electron chi connectivity index (χ4n) is 8.49. The molecule has 4 aliphatic carbocycles. The van der Waals surface area contributed by atoms with Crippen molar-refractivity contribution in [3.8, 4) is 0 Å². The van der Waals surface area contributed by atoms with Crippen molar-refractivity contribution in [3.05, 3.63) is 11.6 Å². The summed E-state index contributed by atoms with van der Waals surface area (Å²) in [6, 6.07) is 0. The van der Waals surface area contributed by atoms with Gasteiger partial charge in [0.05, 0.1) is 12.6 Å². The van der Waals surface area contributed by atoms with Crippen LogP contribution >= 0.6 is 0 Å². The Morgan fingerprint density at radius 2 is 1.84 bits per heavy atom. The maximum atomic E-state index is 13.5. The summed E-state index contributed by atoms with van der Waals surface area (Å²) >= 11 is 0. The van der Waals surface area contributed by atoms with E-state index in [1.54, 1.807) is 0 Å². The number of allylic oxidation sites excluding steroid dienone is 1. The Labute approximate surface area is 192 Å². The van der Waals surface area contributed by atoms with Gasteiger partial charge in [0.25, 0.3) is 0 Å². The topological polar surface area (TPSA) is 81.1 Å². The van der Waals surface area contributed by atoms with Crippen LogP contribution in [0.3, 0.4) is 0 Å². The van der Waals surface area contributed by atoms with Crippen LogP contribution in [0.1, 0.15) is 58.8 Å². The molecule has 0 aromatic heterocycles. The van der Waals surface area contributed by atoms with Crippen LogP contribution in [0.5, 0.6) is 0 Å². The van der Waals surface area contributed by atoms with E-state index in [-0.39, 0.29) is 28.8 Å². The molecule has 5 aliphatic rings. The van der Waals surface area contributed by atoms with Crippen LogP contribution in [0.25, 0.3) is 0 Å². The number of nitrogens with zero attached hydrogens (tertiary/aromatic N) is 2. The number of carbonyl (C=O) groups is 2. The number of carbonyl (C=O) groups excluding carboxylic acids is 2. The van der Waals surface area contributed by atoms with Crippen molar-refractivity contribution in [2.75, 3.05) is 39.8 Å². The molecule has 6 nitrogen and oxygen atoms in total. The number of aliphatic hydroxyl groups is 2. The number of hydrogen-bond acceptors (Lipinski definition) is 6. The smallest absolute Gasteiger partial charge is 0.178 e. The van der Waals surface area contributed by atoms with E-state index in [2.05, 4.69) is 30.7 Å². The summed E-state index contributed by atoms with van der Waals surface area (Å²) < 4.78 is 0. The maximum Gasteiger partial charge on any atom is 0.178 e. The minimum Gasteiger partial charge on any atom is -0.393 e. The second kappa shape index (κ2) is 7.72. The molecule has 1 saturated heterocycles. The second-order valence-electron chi connectivity index (χ2n) is 12.0. The Morgan fingerprint density at radius 3 is 2.56 bits per heavy atom. The molecule has 6 heteroatoms. The van der Waals surface area contributed by atoms with E-state index in [1.807, 2.05) is 6.08 Å². The SMILES string of the molecule is CN1CCN(CC(=O)[C@@]2(O)CCC3C4CCC5=CC(=O)CCC5(C)C4[C@@H](O)CC32C)CC1. The Hall–Kier alpha value is -1.08. The van der Waals surface area contributed by atoms with Crippen molar-refractivity contribution in [1.29, 1.82) is 0 Å². The molecule has 4 fully saturated rings. The summed E-state index contributed by atoms with van der Waals surface area (Å²) in [5, 5.41) is 23.4. The molecule has 178 valence electrons. The van der Waals surface area contributed by atoms with Crippen LogP contribution in [-0.2, 0) is 9.59 Å². The summed E-state index contributed by atoms with van der Waals surface area (Å²) in [6.07, 6.45) is 6.35. The zero-order chi connectivity index (χ0) is 22.9. The number of likely N-dealkylation sites (N-methyl/N-ethyl adjacent to an activating group) is 1. The third kappa shape index (κ3) is 3.20. The lowest BCUT2D eigenvalue weighted by molar-refractivity contribution is -0.181. The quantitative estimate of drug-likeness (QED) is 0.693. The van der Waals surface area contributed by atoms with Crippen molar-refractivity contribution >= 4 is 11.6 Å². The fourth-order valence-corrected chi connectivity index (χ4v) is 8.49. The van der Waals surface area contributed by atoms with Crippen molar-refractivity contribution < 1.29 is 19.8 Å². The van der Waals surface area contributed by atoms with Gasteiger partial charge in [0.15, 0.2) is 11.6 Å². The van der Waals surface area contributed by atoms with E-state index in [4.69, 9.17) is 0 Å². The minimum absolute atomic E-state index is 0.0522. The molecule has 2 N–H and O–H groups in total. The maximum absolute atomic E-state index is 13.5. The lowest BCUT2D eigenvalue weighted by Gasteiger charge is -2.60. The fraction of sp³-hybridized carbons (Fsp3) is 0.846. The van der Waals surface area contributed by atoms with Gasteiger partial charge in [-0.25, -0.2) is 0 Å². The standard InChI is InChI=1S/C26H40N2O4/c1-24-8-6-18(29)14-17(24)4-5-19-20-7-9-26(32,25(20,2)15-21(30)23(19)24)22(31)16-28-12-10-27(3)11-13-28/h14,19-21,23,30,32H,4-13,15-16H2,1-3H3/t19?,20?,21-,23?,24?,25?,26-/m0/s1. The van der Waals surface area contributed by atoms with Gasteiger partial charge in [0, 0.05) is 38.0 Å². The summed E-state index contributed by atoms with van der Waals surface area (Å²) in [6.45, 7) is 8.24. The number of hydrogen-bond donors (Lipinski definition) is 2. The molecular formula is C26H40N2O4. The normalized spacial score (nSPS) is 47.4. The Balaban J connectivity index is 1.39. The first-order valence-corrected chi connectivity index (χ1v) is 12.7. The van der Waals surface area contributed by atoms with Crippen molar-refractivity contribution in [1.82, 2.24) is 9.80 Å². The van der Waals surface area contributed by atoms with E-state index in [0.29, 0.717) is 31.7 Å². The average molecular weight is 445 g/mol. The molecule has 0 spiro atoms. The van der Waals surface area contributed by atoms with Crippen LogP contribution < -0.4 is 0 Å². The lowest BCUT2D eigenvalue weighted by Crippen LogP contribution is -2.63. The van der Waals surface area contributed by atoms with Crippen LogP contribution in [0.2, 0.25) is 0 Å². The molecule has 1 aliphatic heterocycles. The van der Waals surface area contributed by atoms with Gasteiger partial charge in [0.1, 0.15) is 5.60 Å². The van der Waals surface area contributed by atoms with Crippen molar-refractivity contribution in [2.24, 2.45) is 28.6 Å². The monoisotopic (exact) mass is 444 g/mol. The Kier molecular flexibility index (Phi) is 5.48. The highest BCUT2D eigenvalue weighted by molar-refractivity contribution is 5.92. The van der Waals surface area contributed by atoms with E-state index in [1.165, 1.54) is 5.57 Å². The molecule has 1 heterocycles. The number of aliphatic hydroxyl groups excluding tert-OH is 1.